The maximum Gasteiger partial charge on any atom is 0.269 e. The van der Waals surface area contributed by atoms with E-state index in [-0.39, 0.29) is 17.6 Å². The van der Waals surface area contributed by atoms with Crippen LogP contribution in [0.5, 0.6) is 0 Å². The topological polar surface area (TPSA) is 75.9 Å². The molecule has 1 atom stereocenters. The normalized spacial score (nSPS) is 22.3. The molecule has 23 heavy (non-hydrogen) atoms. The van der Waals surface area contributed by atoms with Gasteiger partial charge in [0.2, 0.25) is 5.91 Å². The molecule has 7 nitrogen and oxygen atoms in total. The first-order valence-electron chi connectivity index (χ1n) is 7.99. The van der Waals surface area contributed by atoms with E-state index >= 15 is 0 Å². The molecule has 1 aromatic rings. The molecule has 0 aromatic heterocycles. The Balaban J connectivity index is 1.64. The molecule has 3 rings (SSSR count). The first-order valence-corrected chi connectivity index (χ1v) is 7.99. The summed E-state index contributed by atoms with van der Waals surface area (Å²) in [5, 5.41) is 10.7. The van der Waals surface area contributed by atoms with Gasteiger partial charge in [-0.15, -0.1) is 0 Å². The third-order valence-corrected chi connectivity index (χ3v) is 4.50. The molecular weight excluding hydrogens is 298 g/mol. The predicted molar refractivity (Wildman–Crippen MR) is 83.9 cm³/mol. The van der Waals surface area contributed by atoms with Gasteiger partial charge in [-0.1, -0.05) is 12.1 Å². The molecule has 0 radical (unpaired) electrons. The predicted octanol–water partition coefficient (Wildman–Crippen LogP) is 1.42. The molecule has 2 aliphatic heterocycles. The van der Waals surface area contributed by atoms with Crippen LogP contribution in [0.15, 0.2) is 24.3 Å². The van der Waals surface area contributed by atoms with Gasteiger partial charge in [0.25, 0.3) is 5.69 Å². The number of amides is 1. The van der Waals surface area contributed by atoms with Gasteiger partial charge in [-0.2, -0.15) is 0 Å². The molecule has 1 unspecified atom stereocenters. The molecular formula is C16H21N3O4. The van der Waals surface area contributed by atoms with Crippen molar-refractivity contribution in [2.75, 3.05) is 32.8 Å². The summed E-state index contributed by atoms with van der Waals surface area (Å²) in [4.78, 5) is 27.1. The van der Waals surface area contributed by atoms with Crippen molar-refractivity contribution in [2.45, 2.75) is 25.4 Å². The van der Waals surface area contributed by atoms with Crippen molar-refractivity contribution in [2.24, 2.45) is 0 Å². The van der Waals surface area contributed by atoms with Gasteiger partial charge in [0.1, 0.15) is 0 Å². The maximum absolute atomic E-state index is 12.7. The number of morpholine rings is 1. The van der Waals surface area contributed by atoms with Gasteiger partial charge in [-0.05, 0) is 24.9 Å². The molecule has 2 fully saturated rings. The molecule has 0 bridgehead atoms. The number of ether oxygens (including phenoxy) is 1. The number of likely N-dealkylation sites (tertiary alicyclic amines) is 1. The molecule has 124 valence electrons. The molecule has 0 spiro atoms. The smallest absolute Gasteiger partial charge is 0.269 e. The number of rotatable bonds is 4. The lowest BCUT2D eigenvalue weighted by atomic mass is 10.1. The van der Waals surface area contributed by atoms with E-state index in [2.05, 4.69) is 4.90 Å². The van der Waals surface area contributed by atoms with Gasteiger partial charge < -0.3 is 9.64 Å². The van der Waals surface area contributed by atoms with E-state index in [0.717, 1.165) is 24.9 Å². The van der Waals surface area contributed by atoms with Crippen LogP contribution in [-0.4, -0.2) is 59.5 Å². The summed E-state index contributed by atoms with van der Waals surface area (Å²) in [7, 11) is 0. The summed E-state index contributed by atoms with van der Waals surface area (Å²) in [6.07, 6.45) is 1.89. The lowest BCUT2D eigenvalue weighted by Crippen LogP contribution is -2.49. The second kappa shape index (κ2) is 7.06. The minimum Gasteiger partial charge on any atom is -0.378 e. The fourth-order valence-electron chi connectivity index (χ4n) is 3.25. The first-order chi connectivity index (χ1) is 11.1. The number of nitrogens with zero attached hydrogens (tertiary/aromatic N) is 3. The highest BCUT2D eigenvalue weighted by atomic mass is 16.6. The Morgan fingerprint density at radius 2 is 1.91 bits per heavy atom. The molecule has 2 heterocycles. The molecule has 7 heteroatoms. The second-order valence-electron chi connectivity index (χ2n) is 5.99. The summed E-state index contributed by atoms with van der Waals surface area (Å²) in [6, 6.07) is 6.50. The van der Waals surface area contributed by atoms with Crippen LogP contribution < -0.4 is 0 Å². The maximum atomic E-state index is 12.7. The molecule has 2 saturated heterocycles. The monoisotopic (exact) mass is 319 g/mol. The lowest BCUT2D eigenvalue weighted by molar-refractivity contribution is -0.384. The van der Waals surface area contributed by atoms with Crippen molar-refractivity contribution in [3.63, 3.8) is 0 Å². The van der Waals surface area contributed by atoms with Crippen molar-refractivity contribution in [1.29, 1.82) is 0 Å². The molecule has 1 aromatic carbocycles. The van der Waals surface area contributed by atoms with Gasteiger partial charge in [0.15, 0.2) is 0 Å². The summed E-state index contributed by atoms with van der Waals surface area (Å²) in [6.45, 7) is 4.10. The number of carbonyl (C=O) groups is 1. The van der Waals surface area contributed by atoms with E-state index in [0.29, 0.717) is 32.8 Å². The Bertz CT molecular complexity index is 569. The number of nitro benzene ring substituents is 1. The highest BCUT2D eigenvalue weighted by molar-refractivity contribution is 5.82. The third-order valence-electron chi connectivity index (χ3n) is 4.50. The minimum atomic E-state index is -0.398. The van der Waals surface area contributed by atoms with Crippen LogP contribution in [-0.2, 0) is 16.1 Å². The molecule has 0 aliphatic carbocycles. The Kier molecular flexibility index (Phi) is 4.88. The Morgan fingerprint density at radius 1 is 1.22 bits per heavy atom. The average Bonchev–Trinajstić information content (AvgIpc) is 3.03. The van der Waals surface area contributed by atoms with E-state index in [4.69, 9.17) is 4.74 Å². The van der Waals surface area contributed by atoms with E-state index in [1.54, 1.807) is 12.1 Å². The summed E-state index contributed by atoms with van der Waals surface area (Å²) in [5.41, 5.74) is 1.09. The van der Waals surface area contributed by atoms with E-state index in [9.17, 15) is 14.9 Å². The van der Waals surface area contributed by atoms with Crippen LogP contribution >= 0.6 is 0 Å². The quantitative estimate of drug-likeness (QED) is 0.620. The molecule has 0 N–H and O–H groups in total. The Morgan fingerprint density at radius 3 is 2.57 bits per heavy atom. The second-order valence-corrected chi connectivity index (χ2v) is 5.99. The third kappa shape index (κ3) is 3.68. The zero-order valence-corrected chi connectivity index (χ0v) is 13.0. The van der Waals surface area contributed by atoms with Crippen LogP contribution in [0.2, 0.25) is 0 Å². The summed E-state index contributed by atoms with van der Waals surface area (Å²) >= 11 is 0. The number of nitro groups is 1. The van der Waals surface area contributed by atoms with Gasteiger partial charge in [-0.3, -0.25) is 19.8 Å². The van der Waals surface area contributed by atoms with Gasteiger partial charge in [0, 0.05) is 31.8 Å². The molecule has 2 aliphatic rings. The fraction of sp³-hybridized carbons (Fsp3) is 0.562. The first kappa shape index (κ1) is 15.9. The van der Waals surface area contributed by atoms with E-state index in [1.165, 1.54) is 12.1 Å². The van der Waals surface area contributed by atoms with Crippen LogP contribution in [0.25, 0.3) is 0 Å². The highest BCUT2D eigenvalue weighted by Gasteiger charge is 2.34. The van der Waals surface area contributed by atoms with Gasteiger partial charge >= 0.3 is 0 Å². The SMILES string of the molecule is O=C(C1CCCN1Cc1ccc([N+](=O)[O-])cc1)N1CCOCC1. The van der Waals surface area contributed by atoms with Crippen LogP contribution in [0.3, 0.4) is 0 Å². The van der Waals surface area contributed by atoms with Crippen LogP contribution in [0.1, 0.15) is 18.4 Å². The summed E-state index contributed by atoms with van der Waals surface area (Å²) < 4.78 is 5.30. The number of carbonyl (C=O) groups excluding carboxylic acids is 1. The van der Waals surface area contributed by atoms with Crippen molar-refractivity contribution < 1.29 is 14.5 Å². The highest BCUT2D eigenvalue weighted by Crippen LogP contribution is 2.23. The van der Waals surface area contributed by atoms with Crippen molar-refractivity contribution in [3.8, 4) is 0 Å². The number of hydrogen-bond acceptors (Lipinski definition) is 5. The summed E-state index contributed by atoms with van der Waals surface area (Å²) in [5.74, 6) is 0.188. The largest absolute Gasteiger partial charge is 0.378 e. The minimum absolute atomic E-state index is 0.0803. The Hall–Kier alpha value is -1.99. The van der Waals surface area contributed by atoms with Crippen LogP contribution in [0.4, 0.5) is 5.69 Å². The number of hydrogen-bond donors (Lipinski definition) is 0. The fourth-order valence-corrected chi connectivity index (χ4v) is 3.25. The van der Waals surface area contributed by atoms with Crippen molar-refractivity contribution in [1.82, 2.24) is 9.80 Å². The average molecular weight is 319 g/mol. The zero-order chi connectivity index (χ0) is 16.2. The molecule has 1 amide bonds. The van der Waals surface area contributed by atoms with E-state index in [1.807, 2.05) is 4.90 Å². The number of non-ortho nitro benzene ring substituents is 1. The van der Waals surface area contributed by atoms with E-state index < -0.39 is 4.92 Å². The van der Waals surface area contributed by atoms with Gasteiger partial charge in [0.05, 0.1) is 24.2 Å². The van der Waals surface area contributed by atoms with Crippen LogP contribution in [0, 0.1) is 10.1 Å². The van der Waals surface area contributed by atoms with Gasteiger partial charge in [-0.25, -0.2) is 0 Å². The van der Waals surface area contributed by atoms with Crippen molar-refractivity contribution in [3.05, 3.63) is 39.9 Å². The number of benzene rings is 1. The zero-order valence-electron chi connectivity index (χ0n) is 13.0. The molecule has 0 saturated carbocycles. The lowest BCUT2D eigenvalue weighted by Gasteiger charge is -2.32. The standard InChI is InChI=1S/C16H21N3O4/c20-16(17-8-10-23-11-9-17)15-2-1-7-18(15)12-13-3-5-14(6-4-13)19(21)22/h3-6,15H,1-2,7-12H2. The Labute approximate surface area is 135 Å². The van der Waals surface area contributed by atoms with Crippen molar-refractivity contribution >= 4 is 11.6 Å².